The molecule has 6 nitrogen and oxygen atoms in total. The number of nitrogens with zero attached hydrogens (tertiary/aromatic N) is 1. The molecule has 0 atom stereocenters. The average molecular weight is 289 g/mol. The molecule has 102 valence electrons. The number of rotatable bonds is 3. The Morgan fingerprint density at radius 1 is 1.10 bits per heavy atom. The van der Waals surface area contributed by atoms with Gasteiger partial charge < -0.3 is 9.92 Å². The molecule has 0 aliphatic rings. The van der Waals surface area contributed by atoms with Crippen molar-refractivity contribution in [2.45, 2.75) is 0 Å². The van der Waals surface area contributed by atoms with Crippen molar-refractivity contribution in [2.24, 2.45) is 5.14 Å². The van der Waals surface area contributed by atoms with Crippen LogP contribution in [0.25, 0.3) is 11.1 Å². The highest BCUT2D eigenvalue weighted by Gasteiger charge is 2.08. The zero-order valence-electron chi connectivity index (χ0n) is 10.3. The molecule has 0 aliphatic carbocycles. The Morgan fingerprint density at radius 2 is 1.75 bits per heavy atom. The minimum atomic E-state index is -4.04. The lowest BCUT2D eigenvalue weighted by atomic mass is 10.00. The Bertz CT molecular complexity index is 777. The molecule has 0 unspecified atom stereocenters. The van der Waals surface area contributed by atoms with E-state index in [1.54, 1.807) is 30.3 Å². The fourth-order valence-electron chi connectivity index (χ4n) is 1.73. The van der Waals surface area contributed by atoms with Crippen LogP contribution in [0.5, 0.6) is 5.75 Å². The van der Waals surface area contributed by atoms with Crippen molar-refractivity contribution < 1.29 is 12.6 Å². The Morgan fingerprint density at radius 3 is 2.30 bits per heavy atom. The second kappa shape index (κ2) is 5.21. The number of hydrogen-bond donors (Lipinski definition) is 2. The van der Waals surface area contributed by atoms with Crippen molar-refractivity contribution in [3.05, 3.63) is 48.0 Å². The van der Waals surface area contributed by atoms with E-state index in [1.165, 1.54) is 12.1 Å². The summed E-state index contributed by atoms with van der Waals surface area (Å²) in [6.07, 6.45) is 0. The van der Waals surface area contributed by atoms with E-state index in [0.717, 1.165) is 5.56 Å². The predicted octanol–water partition coefficient (Wildman–Crippen LogP) is 1.39. The standard InChI is InChI=1S/C13H11N3O3S/c14-8-10-7-11(15)3-6-13(10)9-1-4-12(5-2-9)19-20(16,17)18/h1-7H,15H2,(H2,16,17,18). The molecule has 2 rings (SSSR count). The van der Waals surface area contributed by atoms with Gasteiger partial charge in [-0.3, -0.25) is 0 Å². The molecular formula is C13H11N3O3S. The second-order valence-corrected chi connectivity index (χ2v) is 5.17. The maximum atomic E-state index is 10.8. The Kier molecular flexibility index (Phi) is 3.61. The Hall–Kier alpha value is -2.56. The number of nitrogen functional groups attached to an aromatic ring is 1. The van der Waals surface area contributed by atoms with Crippen LogP contribution in [-0.4, -0.2) is 8.42 Å². The first-order valence-electron chi connectivity index (χ1n) is 5.51. The van der Waals surface area contributed by atoms with Gasteiger partial charge in [-0.15, -0.1) is 0 Å². The molecule has 0 radical (unpaired) electrons. The molecule has 0 aromatic heterocycles. The summed E-state index contributed by atoms with van der Waals surface area (Å²) in [5.74, 6) is 0.102. The average Bonchev–Trinajstić information content (AvgIpc) is 2.38. The van der Waals surface area contributed by atoms with Gasteiger partial charge in [0.15, 0.2) is 0 Å². The Labute approximate surface area is 116 Å². The van der Waals surface area contributed by atoms with E-state index < -0.39 is 10.3 Å². The van der Waals surface area contributed by atoms with Crippen molar-refractivity contribution in [1.29, 1.82) is 5.26 Å². The third-order valence-corrected chi connectivity index (χ3v) is 2.97. The van der Waals surface area contributed by atoms with Crippen LogP contribution in [0, 0.1) is 11.3 Å². The molecule has 0 saturated heterocycles. The smallest absolute Gasteiger partial charge is 0.380 e. The van der Waals surface area contributed by atoms with E-state index in [1.807, 2.05) is 0 Å². The molecule has 0 amide bonds. The first kappa shape index (κ1) is 13.9. The van der Waals surface area contributed by atoms with Crippen LogP contribution in [-0.2, 0) is 10.3 Å². The van der Waals surface area contributed by atoms with Gasteiger partial charge in [0.25, 0.3) is 0 Å². The lowest BCUT2D eigenvalue weighted by molar-refractivity contribution is 0.488. The van der Waals surface area contributed by atoms with Gasteiger partial charge in [0, 0.05) is 5.69 Å². The maximum Gasteiger partial charge on any atom is 0.380 e. The second-order valence-electron chi connectivity index (χ2n) is 4.02. The van der Waals surface area contributed by atoms with E-state index in [9.17, 15) is 8.42 Å². The molecule has 0 bridgehead atoms. The largest absolute Gasteiger partial charge is 0.399 e. The molecule has 0 heterocycles. The van der Waals surface area contributed by atoms with Crippen LogP contribution >= 0.6 is 0 Å². The van der Waals surface area contributed by atoms with Gasteiger partial charge >= 0.3 is 10.3 Å². The topological polar surface area (TPSA) is 119 Å². The molecule has 4 N–H and O–H groups in total. The van der Waals surface area contributed by atoms with Crippen LogP contribution < -0.4 is 15.1 Å². The van der Waals surface area contributed by atoms with Gasteiger partial charge in [0.1, 0.15) is 5.75 Å². The van der Waals surface area contributed by atoms with Gasteiger partial charge in [-0.05, 0) is 35.4 Å². The highest BCUT2D eigenvalue weighted by Crippen LogP contribution is 2.27. The molecule has 0 aliphatic heterocycles. The third-order valence-electron chi connectivity index (χ3n) is 2.54. The molecule has 0 saturated carbocycles. The van der Waals surface area contributed by atoms with E-state index in [0.29, 0.717) is 16.8 Å². The quantitative estimate of drug-likeness (QED) is 0.827. The summed E-state index contributed by atoms with van der Waals surface area (Å²) in [5.41, 5.74) is 7.99. The van der Waals surface area contributed by atoms with E-state index >= 15 is 0 Å². The van der Waals surface area contributed by atoms with Crippen LogP contribution in [0.4, 0.5) is 5.69 Å². The Balaban J connectivity index is 2.38. The maximum absolute atomic E-state index is 10.8. The lowest BCUT2D eigenvalue weighted by Gasteiger charge is -2.07. The van der Waals surface area contributed by atoms with Crippen molar-refractivity contribution in [3.8, 4) is 22.9 Å². The summed E-state index contributed by atoms with van der Waals surface area (Å²) in [6.45, 7) is 0. The number of anilines is 1. The summed E-state index contributed by atoms with van der Waals surface area (Å²) in [4.78, 5) is 0. The summed E-state index contributed by atoms with van der Waals surface area (Å²) < 4.78 is 26.1. The minimum absolute atomic E-state index is 0.102. The molecule has 2 aromatic carbocycles. The van der Waals surface area contributed by atoms with E-state index in [-0.39, 0.29) is 5.75 Å². The lowest BCUT2D eigenvalue weighted by Crippen LogP contribution is -2.18. The first-order valence-corrected chi connectivity index (χ1v) is 6.98. The molecule has 7 heteroatoms. The molecule has 2 aromatic rings. The van der Waals surface area contributed by atoms with Crippen molar-refractivity contribution in [3.63, 3.8) is 0 Å². The summed E-state index contributed by atoms with van der Waals surface area (Å²) in [7, 11) is -4.04. The number of nitrogens with two attached hydrogens (primary N) is 2. The number of hydrogen-bond acceptors (Lipinski definition) is 5. The summed E-state index contributed by atoms with van der Waals surface area (Å²) in [5, 5.41) is 13.9. The van der Waals surface area contributed by atoms with E-state index in [2.05, 4.69) is 10.3 Å². The molecule has 0 fully saturated rings. The highest BCUT2D eigenvalue weighted by atomic mass is 32.2. The number of benzene rings is 2. The predicted molar refractivity (Wildman–Crippen MR) is 74.7 cm³/mol. The minimum Gasteiger partial charge on any atom is -0.399 e. The van der Waals surface area contributed by atoms with Gasteiger partial charge in [-0.1, -0.05) is 18.2 Å². The summed E-state index contributed by atoms with van der Waals surface area (Å²) >= 11 is 0. The normalized spacial score (nSPS) is 10.8. The number of nitriles is 1. The SMILES string of the molecule is N#Cc1cc(N)ccc1-c1ccc(OS(N)(=O)=O)cc1. The van der Waals surface area contributed by atoms with Gasteiger partial charge in [-0.2, -0.15) is 18.8 Å². The van der Waals surface area contributed by atoms with Gasteiger partial charge in [0.05, 0.1) is 11.6 Å². The van der Waals surface area contributed by atoms with Crippen LogP contribution in [0.2, 0.25) is 0 Å². The van der Waals surface area contributed by atoms with Crippen LogP contribution in [0.15, 0.2) is 42.5 Å². The monoisotopic (exact) mass is 289 g/mol. The van der Waals surface area contributed by atoms with Crippen molar-refractivity contribution in [1.82, 2.24) is 0 Å². The van der Waals surface area contributed by atoms with Crippen LogP contribution in [0.1, 0.15) is 5.56 Å². The zero-order valence-corrected chi connectivity index (χ0v) is 11.1. The van der Waals surface area contributed by atoms with Gasteiger partial charge in [-0.25, -0.2) is 0 Å². The van der Waals surface area contributed by atoms with Crippen molar-refractivity contribution >= 4 is 16.0 Å². The first-order chi connectivity index (χ1) is 9.39. The fraction of sp³-hybridized carbons (Fsp3) is 0. The molecule has 20 heavy (non-hydrogen) atoms. The third kappa shape index (κ3) is 3.26. The molecular weight excluding hydrogens is 278 g/mol. The van der Waals surface area contributed by atoms with Crippen molar-refractivity contribution in [2.75, 3.05) is 5.73 Å². The fourth-order valence-corrected chi connectivity index (χ4v) is 2.11. The summed E-state index contributed by atoms with van der Waals surface area (Å²) in [6, 6.07) is 13.2. The van der Waals surface area contributed by atoms with E-state index in [4.69, 9.17) is 16.1 Å². The zero-order chi connectivity index (χ0) is 14.8. The highest BCUT2D eigenvalue weighted by molar-refractivity contribution is 7.84. The molecule has 0 spiro atoms. The van der Waals surface area contributed by atoms with Crippen LogP contribution in [0.3, 0.4) is 0 Å². The van der Waals surface area contributed by atoms with Gasteiger partial charge in [0.2, 0.25) is 0 Å².